The summed E-state index contributed by atoms with van der Waals surface area (Å²) < 4.78 is 31.3. The lowest BCUT2D eigenvalue weighted by atomic mass is 10.0. The highest BCUT2D eigenvalue weighted by molar-refractivity contribution is 7.89. The van der Waals surface area contributed by atoms with Crippen molar-refractivity contribution in [1.82, 2.24) is 10.0 Å². The van der Waals surface area contributed by atoms with Crippen LogP contribution in [-0.4, -0.2) is 39.5 Å². The van der Waals surface area contributed by atoms with Crippen LogP contribution in [0.15, 0.2) is 29.2 Å². The zero-order valence-electron chi connectivity index (χ0n) is 15.2. The van der Waals surface area contributed by atoms with E-state index in [-0.39, 0.29) is 22.4 Å². The molecule has 1 aromatic carbocycles. The van der Waals surface area contributed by atoms with Crippen LogP contribution in [0.1, 0.15) is 44.5 Å². The summed E-state index contributed by atoms with van der Waals surface area (Å²) in [6, 6.07) is 4.56. The summed E-state index contributed by atoms with van der Waals surface area (Å²) in [4.78, 5) is 24.2. The Morgan fingerprint density at radius 2 is 1.64 bits per heavy atom. The number of benzene rings is 1. The second-order valence-corrected chi connectivity index (χ2v) is 8.19. The monoisotopic (exact) mass is 370 g/mol. The second-order valence-electron chi connectivity index (χ2n) is 6.48. The van der Waals surface area contributed by atoms with Gasteiger partial charge in [0.2, 0.25) is 10.0 Å². The molecule has 0 aliphatic carbocycles. The molecule has 0 spiro atoms. The van der Waals surface area contributed by atoms with Gasteiger partial charge in [-0.1, -0.05) is 13.8 Å². The molecule has 0 bridgehead atoms. The van der Waals surface area contributed by atoms with Crippen LogP contribution < -0.4 is 10.0 Å². The largest absolute Gasteiger partial charge is 0.467 e. The number of amides is 1. The van der Waals surface area contributed by atoms with Gasteiger partial charge in [-0.3, -0.25) is 4.79 Å². The summed E-state index contributed by atoms with van der Waals surface area (Å²) in [5.41, 5.74) is 0.265. The number of carbonyl (C=O) groups is 2. The molecule has 1 aromatic rings. The Labute approximate surface area is 149 Å². The first kappa shape index (κ1) is 21.1. The summed E-state index contributed by atoms with van der Waals surface area (Å²) in [5.74, 6) is -0.779. The molecular formula is C17H26N2O5S. The molecule has 7 nitrogen and oxygen atoms in total. The molecular weight excluding hydrogens is 344 g/mol. The molecule has 0 fully saturated rings. The van der Waals surface area contributed by atoms with Crippen molar-refractivity contribution in [2.45, 2.75) is 51.1 Å². The van der Waals surface area contributed by atoms with Crippen LogP contribution in [0.4, 0.5) is 0 Å². The summed E-state index contributed by atoms with van der Waals surface area (Å²) in [5, 5.41) is 2.63. The molecule has 0 saturated heterocycles. The number of rotatable bonds is 8. The topological polar surface area (TPSA) is 102 Å². The molecule has 1 amide bonds. The number of sulfonamides is 1. The third kappa shape index (κ3) is 6.47. The lowest BCUT2D eigenvalue weighted by Gasteiger charge is -2.18. The standard InChI is InChI=1S/C17H26N2O5S/c1-11(2)10-15(17(21)24-5)18-16(20)13-6-8-14(9-7-13)25(22,23)19-12(3)4/h6-9,11-12,15,19H,10H2,1-5H3,(H,18,20). The molecule has 0 aliphatic rings. The van der Waals surface area contributed by atoms with E-state index >= 15 is 0 Å². The van der Waals surface area contributed by atoms with Crippen LogP contribution in [0, 0.1) is 5.92 Å². The fraction of sp³-hybridized carbons (Fsp3) is 0.529. The second kappa shape index (κ2) is 8.96. The Hall–Kier alpha value is -1.93. The quantitative estimate of drug-likeness (QED) is 0.678. The van der Waals surface area contributed by atoms with Gasteiger partial charge in [0.05, 0.1) is 12.0 Å². The van der Waals surface area contributed by atoms with E-state index < -0.39 is 27.9 Å². The fourth-order valence-corrected chi connectivity index (χ4v) is 3.48. The van der Waals surface area contributed by atoms with Gasteiger partial charge in [0.25, 0.3) is 5.91 Å². The summed E-state index contributed by atoms with van der Waals surface area (Å²) in [6.45, 7) is 7.31. The maximum Gasteiger partial charge on any atom is 0.328 e. The summed E-state index contributed by atoms with van der Waals surface area (Å²) >= 11 is 0. The van der Waals surface area contributed by atoms with E-state index in [0.717, 1.165) is 0 Å². The zero-order chi connectivity index (χ0) is 19.2. The Morgan fingerprint density at radius 1 is 1.08 bits per heavy atom. The van der Waals surface area contributed by atoms with E-state index in [1.54, 1.807) is 13.8 Å². The van der Waals surface area contributed by atoms with Crippen LogP contribution in [0.3, 0.4) is 0 Å². The van der Waals surface area contributed by atoms with E-state index in [0.29, 0.717) is 6.42 Å². The van der Waals surface area contributed by atoms with E-state index in [1.165, 1.54) is 31.4 Å². The predicted octanol–water partition coefficient (Wildman–Crippen LogP) is 1.69. The average Bonchev–Trinajstić information content (AvgIpc) is 2.51. The van der Waals surface area contributed by atoms with Gasteiger partial charge in [0.1, 0.15) is 6.04 Å². The van der Waals surface area contributed by atoms with Gasteiger partial charge in [-0.2, -0.15) is 0 Å². The number of esters is 1. The number of hydrogen-bond acceptors (Lipinski definition) is 5. The molecule has 0 saturated carbocycles. The van der Waals surface area contributed by atoms with Crippen molar-refractivity contribution in [3.63, 3.8) is 0 Å². The van der Waals surface area contributed by atoms with Gasteiger partial charge in [-0.15, -0.1) is 0 Å². The number of carbonyl (C=O) groups excluding carboxylic acids is 2. The van der Waals surface area contributed by atoms with Crippen LogP contribution in [0.2, 0.25) is 0 Å². The Bertz CT molecular complexity index is 696. The van der Waals surface area contributed by atoms with Gasteiger partial charge >= 0.3 is 5.97 Å². The fourth-order valence-electron chi connectivity index (χ4n) is 2.23. The van der Waals surface area contributed by atoms with Gasteiger partial charge < -0.3 is 10.1 Å². The summed E-state index contributed by atoms with van der Waals surface area (Å²) in [7, 11) is -2.35. The van der Waals surface area contributed by atoms with Crippen LogP contribution in [-0.2, 0) is 19.6 Å². The molecule has 8 heteroatoms. The third-order valence-electron chi connectivity index (χ3n) is 3.32. The zero-order valence-corrected chi connectivity index (χ0v) is 16.0. The molecule has 0 heterocycles. The SMILES string of the molecule is COC(=O)C(CC(C)C)NC(=O)c1ccc(S(=O)(=O)NC(C)C)cc1. The Kier molecular flexibility index (Phi) is 7.57. The van der Waals surface area contributed by atoms with Gasteiger partial charge in [-0.05, 0) is 50.5 Å². The average molecular weight is 370 g/mol. The molecule has 0 aliphatic heterocycles. The number of methoxy groups -OCH3 is 1. The van der Waals surface area contributed by atoms with Gasteiger partial charge in [0, 0.05) is 11.6 Å². The molecule has 0 radical (unpaired) electrons. The molecule has 1 unspecified atom stereocenters. The Balaban J connectivity index is 2.90. The lowest BCUT2D eigenvalue weighted by molar-refractivity contribution is -0.143. The molecule has 1 atom stereocenters. The molecule has 1 rings (SSSR count). The number of ether oxygens (including phenoxy) is 1. The van der Waals surface area contributed by atoms with Crippen LogP contribution >= 0.6 is 0 Å². The third-order valence-corrected chi connectivity index (χ3v) is 4.99. The van der Waals surface area contributed by atoms with Gasteiger partial charge in [0.15, 0.2) is 0 Å². The molecule has 0 aromatic heterocycles. The van der Waals surface area contributed by atoms with Gasteiger partial charge in [-0.25, -0.2) is 17.9 Å². The highest BCUT2D eigenvalue weighted by Crippen LogP contribution is 2.12. The molecule has 25 heavy (non-hydrogen) atoms. The van der Waals surface area contributed by atoms with Crippen molar-refractivity contribution in [1.29, 1.82) is 0 Å². The first-order chi connectivity index (χ1) is 11.6. The molecule has 2 N–H and O–H groups in total. The molecule has 140 valence electrons. The van der Waals surface area contributed by atoms with Crippen molar-refractivity contribution in [3.05, 3.63) is 29.8 Å². The first-order valence-electron chi connectivity index (χ1n) is 8.08. The number of nitrogens with one attached hydrogen (secondary N) is 2. The van der Waals surface area contributed by atoms with Crippen LogP contribution in [0.25, 0.3) is 0 Å². The normalized spacial score (nSPS) is 12.9. The minimum Gasteiger partial charge on any atom is -0.467 e. The maximum atomic E-state index is 12.3. The van der Waals surface area contributed by atoms with Crippen molar-refractivity contribution >= 4 is 21.9 Å². The van der Waals surface area contributed by atoms with Crippen molar-refractivity contribution in [2.24, 2.45) is 5.92 Å². The predicted molar refractivity (Wildman–Crippen MR) is 94.6 cm³/mol. The highest BCUT2D eigenvalue weighted by Gasteiger charge is 2.23. The van der Waals surface area contributed by atoms with E-state index in [2.05, 4.69) is 10.0 Å². The van der Waals surface area contributed by atoms with E-state index in [1.807, 2.05) is 13.8 Å². The number of hydrogen-bond donors (Lipinski definition) is 2. The van der Waals surface area contributed by atoms with Crippen molar-refractivity contribution in [2.75, 3.05) is 7.11 Å². The Morgan fingerprint density at radius 3 is 2.08 bits per heavy atom. The van der Waals surface area contributed by atoms with E-state index in [9.17, 15) is 18.0 Å². The van der Waals surface area contributed by atoms with Crippen LogP contribution in [0.5, 0.6) is 0 Å². The minimum absolute atomic E-state index is 0.0736. The van der Waals surface area contributed by atoms with Crippen molar-refractivity contribution < 1.29 is 22.7 Å². The smallest absolute Gasteiger partial charge is 0.328 e. The highest BCUT2D eigenvalue weighted by atomic mass is 32.2. The maximum absolute atomic E-state index is 12.3. The first-order valence-corrected chi connectivity index (χ1v) is 9.56. The lowest BCUT2D eigenvalue weighted by Crippen LogP contribution is -2.42. The minimum atomic E-state index is -3.61. The van der Waals surface area contributed by atoms with E-state index in [4.69, 9.17) is 4.74 Å². The van der Waals surface area contributed by atoms with Crippen molar-refractivity contribution in [3.8, 4) is 0 Å². The summed E-state index contributed by atoms with van der Waals surface area (Å²) in [6.07, 6.45) is 0.448.